The van der Waals surface area contributed by atoms with Gasteiger partial charge in [-0.1, -0.05) is 0 Å². The number of nitrogens with two attached hydrogens (primary N) is 1. The van der Waals surface area contributed by atoms with E-state index in [1.807, 2.05) is 29.0 Å². The number of carbonyl (C=O) groups excluding carboxylic acids is 2. The van der Waals surface area contributed by atoms with E-state index in [4.69, 9.17) is 5.73 Å². The smallest absolute Gasteiger partial charge is 0.277 e. The number of hydrogen-bond donors (Lipinski definition) is 11. The monoisotopic (exact) mass is 857 g/mol. The van der Waals surface area contributed by atoms with Crippen LogP contribution in [0.3, 0.4) is 0 Å². The molecule has 3 heterocycles. The van der Waals surface area contributed by atoms with Crippen molar-refractivity contribution in [3.05, 3.63) is 40.4 Å². The fourth-order valence-corrected chi connectivity index (χ4v) is 7.38. The highest BCUT2D eigenvalue weighted by molar-refractivity contribution is 9.10. The molecule has 20 nitrogen and oxygen atoms in total. The van der Waals surface area contributed by atoms with Crippen LogP contribution in [0.4, 0.5) is 11.6 Å². The molecule has 2 amide bonds. The fraction of sp³-hybridized carbons (Fsp3) is 0.629. The lowest BCUT2D eigenvalue weighted by atomic mass is 9.97. The van der Waals surface area contributed by atoms with Crippen LogP contribution in [0.2, 0.25) is 0 Å². The van der Waals surface area contributed by atoms with Crippen molar-refractivity contribution in [1.82, 2.24) is 24.3 Å². The molecule has 12 N–H and O–H groups in total. The molecule has 21 heteroatoms. The Hall–Kier alpha value is -3.45. The number of halogens is 1. The first-order valence-corrected chi connectivity index (χ1v) is 19.2. The number of likely N-dealkylation sites (tertiary alicyclic amines) is 1. The average Bonchev–Trinajstić information content (AvgIpc) is 3.52. The Bertz CT molecular complexity index is 1730. The van der Waals surface area contributed by atoms with Crippen LogP contribution in [-0.2, 0) is 24.4 Å². The topological polar surface area (TPSA) is 307 Å². The zero-order valence-electron chi connectivity index (χ0n) is 31.2. The number of carbonyl (C=O) groups is 2. The van der Waals surface area contributed by atoms with Gasteiger partial charge >= 0.3 is 0 Å². The molecule has 1 saturated heterocycles. The minimum absolute atomic E-state index is 0.0817. The van der Waals surface area contributed by atoms with E-state index in [-0.39, 0.29) is 37.2 Å². The number of piperidine rings is 1. The number of amides is 2. The summed E-state index contributed by atoms with van der Waals surface area (Å²) >= 11 is 3.27. The van der Waals surface area contributed by atoms with Gasteiger partial charge in [0.15, 0.2) is 22.7 Å². The number of hydrogen-bond acceptors (Lipinski definition) is 16. The first-order valence-electron chi connectivity index (χ1n) is 18.4. The number of aliphatic hydroxyl groups excluding tert-OH is 10. The molecule has 0 saturated carbocycles. The van der Waals surface area contributed by atoms with E-state index >= 15 is 0 Å². The summed E-state index contributed by atoms with van der Waals surface area (Å²) in [5.74, 6) is 0.777. The van der Waals surface area contributed by atoms with Crippen LogP contribution < -0.4 is 15.2 Å². The van der Waals surface area contributed by atoms with E-state index in [0.717, 1.165) is 16.9 Å². The predicted molar refractivity (Wildman–Crippen MR) is 203 cm³/mol. The Morgan fingerprint density at radius 3 is 2.00 bits per heavy atom. The Labute approximate surface area is 331 Å². The minimum atomic E-state index is -1.91. The van der Waals surface area contributed by atoms with Crippen molar-refractivity contribution in [2.75, 3.05) is 50.0 Å². The molecule has 1 fully saturated rings. The Balaban J connectivity index is 1.55. The molecule has 8 atom stereocenters. The first kappa shape index (κ1) is 45.3. The summed E-state index contributed by atoms with van der Waals surface area (Å²) < 4.78 is 4.45. The van der Waals surface area contributed by atoms with Gasteiger partial charge in [0.05, 0.1) is 44.7 Å². The van der Waals surface area contributed by atoms with Gasteiger partial charge in [-0.25, -0.2) is 19.1 Å². The molecule has 0 bridgehead atoms. The van der Waals surface area contributed by atoms with Crippen LogP contribution in [0, 0.1) is 0 Å². The van der Waals surface area contributed by atoms with Crippen molar-refractivity contribution < 1.29 is 65.2 Å². The summed E-state index contributed by atoms with van der Waals surface area (Å²) in [5, 5.41) is 101. The quantitative estimate of drug-likeness (QED) is 0.0382. The zero-order valence-corrected chi connectivity index (χ0v) is 32.8. The van der Waals surface area contributed by atoms with Gasteiger partial charge in [-0.3, -0.25) is 19.4 Å². The van der Waals surface area contributed by atoms with Crippen LogP contribution in [0.5, 0.6) is 0 Å². The minimum Gasteiger partial charge on any atom is -0.394 e. The molecule has 2 aromatic heterocycles. The lowest BCUT2D eigenvalue weighted by Crippen LogP contribution is -2.56. The van der Waals surface area contributed by atoms with Gasteiger partial charge in [-0.2, -0.15) is 0 Å². The van der Waals surface area contributed by atoms with E-state index < -0.39 is 81.2 Å². The van der Waals surface area contributed by atoms with E-state index in [0.29, 0.717) is 42.5 Å². The molecule has 0 spiro atoms. The average molecular weight is 859 g/mol. The number of anilines is 2. The lowest BCUT2D eigenvalue weighted by Gasteiger charge is -2.41. The maximum absolute atomic E-state index is 13.9. The van der Waals surface area contributed by atoms with Crippen LogP contribution >= 0.6 is 15.9 Å². The normalized spacial score (nSPS) is 18.4. The summed E-state index contributed by atoms with van der Waals surface area (Å²) in [4.78, 5) is 39.2. The number of rotatable bonds is 20. The SMILES string of the molecule is CCn1c(CN(C=O)c2nc(Br)cnc2N)[n+](CC)c2ccc(C(=O)N3CCC(N(C[C@H](O)[C@@H](O)[C@H](O)[C@H](O)CO)C[C@H](O)[C@@H](O)[C@H](O)[C@H](O)CO)CC3)cc21. The maximum Gasteiger partial charge on any atom is 0.277 e. The van der Waals surface area contributed by atoms with Crippen molar-refractivity contribution in [2.24, 2.45) is 0 Å². The summed E-state index contributed by atoms with van der Waals surface area (Å²) in [7, 11) is 0. The third-order valence-electron chi connectivity index (χ3n) is 10.3. The summed E-state index contributed by atoms with van der Waals surface area (Å²) in [6.45, 7) is 2.99. The molecule has 1 aromatic carbocycles. The maximum atomic E-state index is 13.9. The number of aliphatic hydroxyl groups is 10. The first-order chi connectivity index (χ1) is 26.6. The highest BCUT2D eigenvalue weighted by Crippen LogP contribution is 2.26. The number of benzene rings is 1. The molecule has 0 aliphatic carbocycles. The van der Waals surface area contributed by atoms with Crippen molar-refractivity contribution in [3.63, 3.8) is 0 Å². The van der Waals surface area contributed by atoms with Crippen LogP contribution in [-0.4, -0.2) is 182 Å². The predicted octanol–water partition coefficient (Wildman–Crippen LogP) is -3.96. The summed E-state index contributed by atoms with van der Waals surface area (Å²) in [6, 6.07) is 4.90. The largest absolute Gasteiger partial charge is 0.394 e. The van der Waals surface area contributed by atoms with Crippen LogP contribution in [0.15, 0.2) is 29.0 Å². The molecular formula is C35H54BrN8O12+. The van der Waals surface area contributed by atoms with Crippen molar-refractivity contribution in [2.45, 2.75) is 101 Å². The van der Waals surface area contributed by atoms with Crippen molar-refractivity contribution in [3.8, 4) is 0 Å². The summed E-state index contributed by atoms with van der Waals surface area (Å²) in [5.41, 5.74) is 8.07. The highest BCUT2D eigenvalue weighted by Gasteiger charge is 2.38. The fourth-order valence-electron chi connectivity index (χ4n) is 7.11. The van der Waals surface area contributed by atoms with Gasteiger partial charge in [-0.05, 0) is 54.8 Å². The number of aromatic nitrogens is 4. The van der Waals surface area contributed by atoms with E-state index in [9.17, 15) is 60.7 Å². The number of fused-ring (bicyclic) bond motifs is 1. The van der Waals surface area contributed by atoms with Gasteiger partial charge < -0.3 is 61.7 Å². The molecule has 1 aliphatic heterocycles. The number of aryl methyl sites for hydroxylation is 2. The standard InChI is InChI=1S/C35H54BrN8O12/c1-3-43-21-6-5-19(11-22(21)44(4-2)28(43)15-42(18-47)34-33(37)38-12-27(36)39-34)35(56)40-9-7-20(8-10-40)41(13-23(48)29(52)31(54)25(50)16-45)14-24(49)30(53)32(55)26(51)17-46/h5-6,11-12,18,20,23-26,29-32,45-46,48-55H,3-4,7-10,13-17H2,1-2H3,(H2,37,38)/q+1/t23-,24-,25+,26+,29+,30+,31+,32+/m0/s1. The Kier molecular flexibility index (Phi) is 16.4. The second-order valence-electron chi connectivity index (χ2n) is 13.8. The zero-order chi connectivity index (χ0) is 41.4. The van der Waals surface area contributed by atoms with Gasteiger partial charge in [0.2, 0.25) is 6.41 Å². The molecule has 0 radical (unpaired) electrons. The molecule has 3 aromatic rings. The molecule has 1 aliphatic rings. The van der Waals surface area contributed by atoms with Crippen LogP contribution in [0.25, 0.3) is 11.0 Å². The summed E-state index contributed by atoms with van der Waals surface area (Å²) in [6.07, 6.45) is -11.9. The Morgan fingerprint density at radius 2 is 1.50 bits per heavy atom. The van der Waals surface area contributed by atoms with E-state index in [1.165, 1.54) is 16.0 Å². The van der Waals surface area contributed by atoms with E-state index in [2.05, 4.69) is 25.9 Å². The molecular weight excluding hydrogens is 804 g/mol. The number of nitrogens with zero attached hydrogens (tertiary/aromatic N) is 7. The van der Waals surface area contributed by atoms with Gasteiger partial charge in [0.1, 0.15) is 47.8 Å². The third-order valence-corrected chi connectivity index (χ3v) is 10.7. The second kappa shape index (κ2) is 20.3. The molecule has 312 valence electrons. The third kappa shape index (κ3) is 10.2. The molecule has 0 unspecified atom stereocenters. The Morgan fingerprint density at radius 1 is 0.946 bits per heavy atom. The second-order valence-corrected chi connectivity index (χ2v) is 14.6. The van der Waals surface area contributed by atoms with Crippen molar-refractivity contribution in [1.29, 1.82) is 0 Å². The molecule has 56 heavy (non-hydrogen) atoms. The number of imidazole rings is 1. The van der Waals surface area contributed by atoms with Gasteiger partial charge in [0, 0.05) is 43.9 Å². The lowest BCUT2D eigenvalue weighted by molar-refractivity contribution is -0.676. The highest BCUT2D eigenvalue weighted by atomic mass is 79.9. The number of nitrogen functional groups attached to an aromatic ring is 1. The van der Waals surface area contributed by atoms with Gasteiger partial charge in [0.25, 0.3) is 11.7 Å². The van der Waals surface area contributed by atoms with Crippen molar-refractivity contribution >= 4 is 50.9 Å². The van der Waals surface area contributed by atoms with Crippen LogP contribution in [0.1, 0.15) is 42.9 Å². The molecule has 4 rings (SSSR count). The van der Waals surface area contributed by atoms with Gasteiger partial charge in [-0.15, -0.1) is 0 Å². The van der Waals surface area contributed by atoms with E-state index in [1.54, 1.807) is 17.0 Å².